The second-order valence-corrected chi connectivity index (χ2v) is 8.04. The van der Waals surface area contributed by atoms with E-state index in [1.807, 2.05) is 6.07 Å². The number of oxazole rings is 1. The lowest BCUT2D eigenvalue weighted by Gasteiger charge is -2.26. The third-order valence-electron chi connectivity index (χ3n) is 5.53. The summed E-state index contributed by atoms with van der Waals surface area (Å²) < 4.78 is 25.0. The van der Waals surface area contributed by atoms with Gasteiger partial charge in [-0.15, -0.1) is 0 Å². The average molecular weight is 416 g/mol. The van der Waals surface area contributed by atoms with Gasteiger partial charge in [0.15, 0.2) is 5.69 Å². The van der Waals surface area contributed by atoms with Crippen LogP contribution >= 0.6 is 0 Å². The van der Waals surface area contributed by atoms with Gasteiger partial charge < -0.3 is 14.5 Å². The molecule has 2 fully saturated rings. The molecule has 162 valence electrons. The van der Waals surface area contributed by atoms with E-state index < -0.39 is 0 Å². The number of benzene rings is 1. The van der Waals surface area contributed by atoms with Crippen molar-refractivity contribution in [3.63, 3.8) is 0 Å². The van der Waals surface area contributed by atoms with E-state index in [4.69, 9.17) is 9.15 Å². The highest BCUT2D eigenvalue weighted by molar-refractivity contribution is 5.91. The molecular weight excluding hydrogens is 387 g/mol. The van der Waals surface area contributed by atoms with E-state index in [1.165, 1.54) is 25.2 Å². The lowest BCUT2D eigenvalue weighted by Crippen LogP contribution is -2.41. The van der Waals surface area contributed by atoms with Crippen LogP contribution in [0.3, 0.4) is 0 Å². The Morgan fingerprint density at radius 1 is 1.23 bits per heavy atom. The second kappa shape index (κ2) is 10.1. The van der Waals surface area contributed by atoms with Crippen molar-refractivity contribution in [1.29, 1.82) is 0 Å². The number of nitrogens with one attached hydrogen (secondary N) is 1. The maximum Gasteiger partial charge on any atom is 0.273 e. The fourth-order valence-electron chi connectivity index (χ4n) is 3.64. The lowest BCUT2D eigenvalue weighted by molar-refractivity contribution is 0.0383. The van der Waals surface area contributed by atoms with Gasteiger partial charge in [0, 0.05) is 44.8 Å². The van der Waals surface area contributed by atoms with Crippen LogP contribution in [-0.2, 0) is 17.8 Å². The van der Waals surface area contributed by atoms with E-state index in [0.717, 1.165) is 39.4 Å². The molecule has 1 aliphatic carbocycles. The van der Waals surface area contributed by atoms with E-state index in [-0.39, 0.29) is 17.4 Å². The van der Waals surface area contributed by atoms with Crippen molar-refractivity contribution in [2.24, 2.45) is 5.92 Å². The Morgan fingerprint density at radius 3 is 2.80 bits per heavy atom. The maximum absolute atomic E-state index is 14.1. The molecule has 7 nitrogen and oxygen atoms in total. The quantitative estimate of drug-likeness (QED) is 0.641. The van der Waals surface area contributed by atoms with E-state index in [0.29, 0.717) is 37.0 Å². The molecule has 1 aromatic carbocycles. The number of aromatic nitrogens is 1. The predicted octanol–water partition coefficient (Wildman–Crippen LogP) is 2.29. The SMILES string of the molecule is O=C(NCCN1CCOCC1)c1coc(CN(Cc2ccccc2F)CC2CC2)n1. The van der Waals surface area contributed by atoms with Crippen molar-refractivity contribution >= 4 is 5.91 Å². The first kappa shape index (κ1) is 21.0. The van der Waals surface area contributed by atoms with Gasteiger partial charge in [0.25, 0.3) is 5.91 Å². The monoisotopic (exact) mass is 416 g/mol. The number of carbonyl (C=O) groups is 1. The minimum absolute atomic E-state index is 0.203. The Kier molecular flexibility index (Phi) is 7.09. The Morgan fingerprint density at radius 2 is 2.03 bits per heavy atom. The van der Waals surface area contributed by atoms with Crippen LogP contribution < -0.4 is 5.32 Å². The summed E-state index contributed by atoms with van der Waals surface area (Å²) in [7, 11) is 0. The summed E-state index contributed by atoms with van der Waals surface area (Å²) in [5.74, 6) is 0.687. The number of rotatable bonds is 10. The molecule has 1 saturated heterocycles. The molecule has 1 aliphatic heterocycles. The van der Waals surface area contributed by atoms with Gasteiger partial charge in [0.05, 0.1) is 19.8 Å². The van der Waals surface area contributed by atoms with Gasteiger partial charge >= 0.3 is 0 Å². The van der Waals surface area contributed by atoms with Crippen LogP contribution in [0.5, 0.6) is 0 Å². The van der Waals surface area contributed by atoms with Crippen LogP contribution in [0.15, 0.2) is 34.9 Å². The first-order chi connectivity index (χ1) is 14.7. The molecule has 0 unspecified atom stereocenters. The highest BCUT2D eigenvalue weighted by Crippen LogP contribution is 2.30. The molecule has 2 aliphatic rings. The number of amides is 1. The van der Waals surface area contributed by atoms with Crippen molar-refractivity contribution in [1.82, 2.24) is 20.1 Å². The molecular formula is C22H29FN4O3. The Hall–Kier alpha value is -2.29. The second-order valence-electron chi connectivity index (χ2n) is 8.04. The topological polar surface area (TPSA) is 70.8 Å². The van der Waals surface area contributed by atoms with Gasteiger partial charge in [0.2, 0.25) is 5.89 Å². The van der Waals surface area contributed by atoms with Crippen molar-refractivity contribution in [3.05, 3.63) is 53.5 Å². The largest absolute Gasteiger partial charge is 0.447 e. The number of hydrogen-bond acceptors (Lipinski definition) is 6. The third kappa shape index (κ3) is 6.10. The van der Waals surface area contributed by atoms with Crippen molar-refractivity contribution in [2.45, 2.75) is 25.9 Å². The van der Waals surface area contributed by atoms with E-state index in [9.17, 15) is 9.18 Å². The number of halogens is 1. The van der Waals surface area contributed by atoms with Crippen LogP contribution in [0, 0.1) is 11.7 Å². The van der Waals surface area contributed by atoms with Gasteiger partial charge in [-0.25, -0.2) is 9.37 Å². The summed E-state index contributed by atoms with van der Waals surface area (Å²) in [5.41, 5.74) is 0.940. The van der Waals surface area contributed by atoms with Crippen LogP contribution in [0.25, 0.3) is 0 Å². The predicted molar refractivity (Wildman–Crippen MR) is 109 cm³/mol. The summed E-state index contributed by atoms with van der Waals surface area (Å²) in [6.45, 7) is 6.43. The molecule has 2 aromatic rings. The smallest absolute Gasteiger partial charge is 0.273 e. The van der Waals surface area contributed by atoms with Crippen LogP contribution in [0.1, 0.15) is 34.8 Å². The first-order valence-corrected chi connectivity index (χ1v) is 10.7. The molecule has 0 bridgehead atoms. The zero-order chi connectivity index (χ0) is 20.8. The average Bonchev–Trinajstić information content (AvgIpc) is 3.44. The Balaban J connectivity index is 1.29. The van der Waals surface area contributed by atoms with Gasteiger partial charge in [-0.2, -0.15) is 0 Å². The Labute approximate surface area is 176 Å². The minimum Gasteiger partial charge on any atom is -0.447 e. The Bertz CT molecular complexity index is 833. The zero-order valence-corrected chi connectivity index (χ0v) is 17.2. The minimum atomic E-state index is -0.235. The molecule has 1 saturated carbocycles. The summed E-state index contributed by atoms with van der Waals surface area (Å²) in [6, 6.07) is 6.83. The molecule has 8 heteroatoms. The molecule has 4 rings (SSSR count). The fourth-order valence-corrected chi connectivity index (χ4v) is 3.64. The highest BCUT2D eigenvalue weighted by atomic mass is 19.1. The fraction of sp³-hybridized carbons (Fsp3) is 0.545. The van der Waals surface area contributed by atoms with Crippen LogP contribution in [-0.4, -0.2) is 66.6 Å². The molecule has 2 heterocycles. The maximum atomic E-state index is 14.1. The number of morpholine rings is 1. The summed E-state index contributed by atoms with van der Waals surface area (Å²) in [6.07, 6.45) is 3.81. The molecule has 1 N–H and O–H groups in total. The first-order valence-electron chi connectivity index (χ1n) is 10.7. The van der Waals surface area contributed by atoms with Gasteiger partial charge in [0.1, 0.15) is 12.1 Å². The van der Waals surface area contributed by atoms with Gasteiger partial charge in [-0.05, 0) is 24.8 Å². The molecule has 0 spiro atoms. The van der Waals surface area contributed by atoms with E-state index in [1.54, 1.807) is 12.1 Å². The van der Waals surface area contributed by atoms with Crippen LogP contribution in [0.4, 0.5) is 4.39 Å². The standard InChI is InChI=1S/C22H29FN4O3/c23-19-4-2-1-3-18(19)14-27(13-17-5-6-17)15-21-25-20(16-30-21)22(28)24-7-8-26-9-11-29-12-10-26/h1-4,16-17H,5-15H2,(H,24,28). The highest BCUT2D eigenvalue weighted by Gasteiger charge is 2.26. The summed E-state index contributed by atoms with van der Waals surface area (Å²) in [5, 5.41) is 2.90. The molecule has 1 aromatic heterocycles. The normalized spacial score (nSPS) is 17.4. The van der Waals surface area contributed by atoms with E-state index in [2.05, 4.69) is 20.1 Å². The van der Waals surface area contributed by atoms with Crippen LogP contribution in [0.2, 0.25) is 0 Å². The third-order valence-corrected chi connectivity index (χ3v) is 5.53. The molecule has 0 radical (unpaired) electrons. The van der Waals surface area contributed by atoms with E-state index >= 15 is 0 Å². The van der Waals surface area contributed by atoms with Crippen molar-refractivity contribution in [3.8, 4) is 0 Å². The lowest BCUT2D eigenvalue weighted by atomic mass is 10.2. The summed E-state index contributed by atoms with van der Waals surface area (Å²) >= 11 is 0. The van der Waals surface area contributed by atoms with Crippen molar-refractivity contribution in [2.75, 3.05) is 45.9 Å². The van der Waals surface area contributed by atoms with Gasteiger partial charge in [-0.3, -0.25) is 14.6 Å². The number of hydrogen-bond donors (Lipinski definition) is 1. The van der Waals surface area contributed by atoms with Crippen molar-refractivity contribution < 1.29 is 18.3 Å². The number of ether oxygens (including phenoxy) is 1. The zero-order valence-electron chi connectivity index (χ0n) is 17.2. The molecule has 0 atom stereocenters. The number of nitrogens with zero attached hydrogens (tertiary/aromatic N) is 3. The van der Waals surface area contributed by atoms with Gasteiger partial charge in [-0.1, -0.05) is 18.2 Å². The summed E-state index contributed by atoms with van der Waals surface area (Å²) in [4.78, 5) is 21.1. The number of carbonyl (C=O) groups excluding carboxylic acids is 1. The molecule has 1 amide bonds. The molecule has 30 heavy (non-hydrogen) atoms.